The summed E-state index contributed by atoms with van der Waals surface area (Å²) in [5, 5.41) is 0. The van der Waals surface area contributed by atoms with Crippen molar-refractivity contribution in [3.05, 3.63) is 0 Å². The molecule has 0 amide bonds. The van der Waals surface area contributed by atoms with E-state index in [1.807, 2.05) is 6.92 Å². The number of esters is 1. The lowest BCUT2D eigenvalue weighted by Gasteiger charge is -2.24. The van der Waals surface area contributed by atoms with Crippen molar-refractivity contribution in [1.82, 2.24) is 0 Å². The Kier molecular flexibility index (Phi) is 5.97. The molecule has 0 aliphatic rings. The van der Waals surface area contributed by atoms with Crippen LogP contribution in [0.5, 0.6) is 0 Å². The number of ether oxygens (including phenoxy) is 1. The van der Waals surface area contributed by atoms with Gasteiger partial charge in [0.25, 0.3) is 0 Å². The van der Waals surface area contributed by atoms with Gasteiger partial charge in [-0.3, -0.25) is 4.79 Å². The zero-order valence-electron chi connectivity index (χ0n) is 9.34. The quantitative estimate of drug-likeness (QED) is 0.491. The van der Waals surface area contributed by atoms with Crippen molar-refractivity contribution in [2.45, 2.75) is 46.3 Å². The maximum atomic E-state index is 11.3. The smallest absolute Gasteiger partial charge is 0.323 e. The lowest BCUT2D eigenvalue weighted by molar-refractivity contribution is -0.150. The van der Waals surface area contributed by atoms with Gasteiger partial charge in [-0.25, -0.2) is 0 Å². The summed E-state index contributed by atoms with van der Waals surface area (Å²) in [6.07, 6.45) is 0.795. The van der Waals surface area contributed by atoms with Crippen molar-refractivity contribution in [3.8, 4) is 0 Å². The molecule has 84 valence electrons. The van der Waals surface area contributed by atoms with E-state index in [2.05, 4.69) is 43.4 Å². The summed E-state index contributed by atoms with van der Waals surface area (Å²) in [5.74, 6) is -0.295. The van der Waals surface area contributed by atoms with Crippen LogP contribution in [-0.4, -0.2) is 22.5 Å². The highest BCUT2D eigenvalue weighted by molar-refractivity contribution is 14.1. The Morgan fingerprint density at radius 1 is 1.50 bits per heavy atom. The van der Waals surface area contributed by atoms with Gasteiger partial charge in [0.15, 0.2) is 0 Å². The summed E-state index contributed by atoms with van der Waals surface area (Å²) >= 11 is 2.08. The average molecular weight is 313 g/mol. The van der Waals surface area contributed by atoms with Crippen LogP contribution in [0, 0.1) is 5.41 Å². The second kappa shape index (κ2) is 5.90. The second-order valence-corrected chi connectivity index (χ2v) is 5.65. The van der Waals surface area contributed by atoms with Crippen LogP contribution in [0.3, 0.4) is 0 Å². The zero-order chi connectivity index (χ0) is 11.4. The molecule has 0 heterocycles. The minimum Gasteiger partial charge on any atom is -0.461 e. The van der Waals surface area contributed by atoms with Crippen molar-refractivity contribution < 1.29 is 9.53 Å². The molecule has 0 unspecified atom stereocenters. The number of carbonyl (C=O) groups is 1. The van der Waals surface area contributed by atoms with Crippen molar-refractivity contribution in [3.63, 3.8) is 0 Å². The van der Waals surface area contributed by atoms with Gasteiger partial charge >= 0.3 is 5.97 Å². The summed E-state index contributed by atoms with van der Waals surface area (Å²) in [6.45, 7) is 8.27. The monoisotopic (exact) mass is 313 g/mol. The molecule has 0 rings (SSSR count). The van der Waals surface area contributed by atoms with Gasteiger partial charge < -0.3 is 10.5 Å². The van der Waals surface area contributed by atoms with E-state index in [-0.39, 0.29) is 17.5 Å². The summed E-state index contributed by atoms with van der Waals surface area (Å²) < 4.78 is 5.81. The number of hydrogen-bond donors (Lipinski definition) is 1. The highest BCUT2D eigenvalue weighted by Crippen LogP contribution is 2.22. The van der Waals surface area contributed by atoms with E-state index in [4.69, 9.17) is 10.5 Å². The summed E-state index contributed by atoms with van der Waals surface area (Å²) in [7, 11) is 0. The normalized spacial score (nSPS) is 16.1. The first-order valence-corrected chi connectivity index (χ1v) is 6.31. The minimum absolute atomic E-state index is 0.0588. The highest BCUT2D eigenvalue weighted by atomic mass is 127. The first kappa shape index (κ1) is 14.2. The predicted octanol–water partition coefficient (Wildman–Crippen LogP) is 2.12. The SMILES string of the molecule is C[C@H](CC(C)(C)C)OC(=O)[C@@H](N)CI. The fourth-order valence-corrected chi connectivity index (χ4v) is 1.61. The molecule has 0 aromatic heterocycles. The average Bonchev–Trinajstić information content (AvgIpc) is 1.99. The maximum absolute atomic E-state index is 11.3. The zero-order valence-corrected chi connectivity index (χ0v) is 11.5. The topological polar surface area (TPSA) is 52.3 Å². The maximum Gasteiger partial charge on any atom is 0.323 e. The van der Waals surface area contributed by atoms with Gasteiger partial charge in [0.1, 0.15) is 6.04 Å². The van der Waals surface area contributed by atoms with E-state index < -0.39 is 6.04 Å². The van der Waals surface area contributed by atoms with Crippen LogP contribution >= 0.6 is 22.6 Å². The van der Waals surface area contributed by atoms with Gasteiger partial charge in [0.2, 0.25) is 0 Å². The molecule has 0 aromatic carbocycles. The van der Waals surface area contributed by atoms with Crippen LogP contribution in [0.2, 0.25) is 0 Å². The number of hydrogen-bond acceptors (Lipinski definition) is 3. The molecular weight excluding hydrogens is 293 g/mol. The van der Waals surface area contributed by atoms with Crippen molar-refractivity contribution in [2.75, 3.05) is 4.43 Å². The number of halogens is 1. The molecule has 0 aliphatic heterocycles. The van der Waals surface area contributed by atoms with Gasteiger partial charge in [-0.05, 0) is 18.8 Å². The highest BCUT2D eigenvalue weighted by Gasteiger charge is 2.21. The van der Waals surface area contributed by atoms with E-state index in [1.165, 1.54) is 0 Å². The first-order valence-electron chi connectivity index (χ1n) is 4.78. The molecule has 0 aliphatic carbocycles. The molecule has 3 nitrogen and oxygen atoms in total. The Morgan fingerprint density at radius 3 is 2.36 bits per heavy atom. The molecule has 0 fully saturated rings. The van der Waals surface area contributed by atoms with Gasteiger partial charge in [0.05, 0.1) is 6.10 Å². The van der Waals surface area contributed by atoms with Crippen molar-refractivity contribution in [2.24, 2.45) is 11.1 Å². The van der Waals surface area contributed by atoms with E-state index in [0.29, 0.717) is 4.43 Å². The Hall–Kier alpha value is 0.160. The molecule has 0 aromatic rings. The van der Waals surface area contributed by atoms with Gasteiger partial charge in [-0.2, -0.15) is 0 Å². The summed E-state index contributed by atoms with van der Waals surface area (Å²) in [5.41, 5.74) is 5.72. The van der Waals surface area contributed by atoms with Crippen molar-refractivity contribution >= 4 is 28.6 Å². The number of alkyl halides is 1. The Labute approximate surface area is 99.9 Å². The predicted molar refractivity (Wildman–Crippen MR) is 66.5 cm³/mol. The molecule has 0 spiro atoms. The minimum atomic E-state index is -0.488. The van der Waals surface area contributed by atoms with Crippen LogP contribution in [0.25, 0.3) is 0 Å². The van der Waals surface area contributed by atoms with E-state index >= 15 is 0 Å². The van der Waals surface area contributed by atoms with Gasteiger partial charge in [-0.15, -0.1) is 0 Å². The third-order valence-electron chi connectivity index (χ3n) is 1.69. The standard InChI is InChI=1S/C10H20INO2/c1-7(5-10(2,3)4)14-9(13)8(12)6-11/h7-8H,5-6,12H2,1-4H3/t7-,8+/m1/s1. The third-order valence-corrected chi connectivity index (χ3v) is 2.64. The van der Waals surface area contributed by atoms with Crippen LogP contribution in [0.1, 0.15) is 34.1 Å². The molecule has 0 saturated heterocycles. The largest absolute Gasteiger partial charge is 0.461 e. The number of nitrogens with two attached hydrogens (primary N) is 1. The fourth-order valence-electron chi connectivity index (χ4n) is 1.25. The summed E-state index contributed by atoms with van der Waals surface area (Å²) in [6, 6.07) is -0.488. The summed E-state index contributed by atoms with van der Waals surface area (Å²) in [4.78, 5) is 11.3. The fraction of sp³-hybridized carbons (Fsp3) is 0.900. The molecular formula is C10H20INO2. The van der Waals surface area contributed by atoms with Gasteiger partial charge in [0, 0.05) is 4.43 Å². The molecule has 0 radical (unpaired) electrons. The Balaban J connectivity index is 3.95. The lowest BCUT2D eigenvalue weighted by Crippen LogP contribution is -2.36. The van der Waals surface area contributed by atoms with Crippen LogP contribution in [0.15, 0.2) is 0 Å². The molecule has 2 N–H and O–H groups in total. The Morgan fingerprint density at radius 2 is 2.00 bits per heavy atom. The molecule has 4 heteroatoms. The number of carbonyl (C=O) groups excluding carboxylic acids is 1. The van der Waals surface area contributed by atoms with E-state index in [1.54, 1.807) is 0 Å². The lowest BCUT2D eigenvalue weighted by atomic mass is 9.90. The van der Waals surface area contributed by atoms with E-state index in [0.717, 1.165) is 6.42 Å². The van der Waals surface area contributed by atoms with Crippen molar-refractivity contribution in [1.29, 1.82) is 0 Å². The third kappa shape index (κ3) is 6.59. The van der Waals surface area contributed by atoms with Gasteiger partial charge in [-0.1, -0.05) is 43.4 Å². The van der Waals surface area contributed by atoms with Crippen LogP contribution in [-0.2, 0) is 9.53 Å². The second-order valence-electron chi connectivity index (χ2n) is 4.77. The Bertz CT molecular complexity index is 189. The van der Waals surface area contributed by atoms with E-state index in [9.17, 15) is 4.79 Å². The molecule has 0 bridgehead atoms. The first-order chi connectivity index (χ1) is 6.26. The number of rotatable bonds is 4. The molecule has 2 atom stereocenters. The molecule has 14 heavy (non-hydrogen) atoms. The van der Waals surface area contributed by atoms with Crippen LogP contribution in [0.4, 0.5) is 0 Å². The van der Waals surface area contributed by atoms with Crippen LogP contribution < -0.4 is 5.73 Å². The molecule has 0 saturated carbocycles.